The highest BCUT2D eigenvalue weighted by Gasteiger charge is 2.19. The van der Waals surface area contributed by atoms with Gasteiger partial charge in [-0.05, 0) is 36.6 Å². The van der Waals surface area contributed by atoms with Gasteiger partial charge in [-0.25, -0.2) is 4.39 Å². The van der Waals surface area contributed by atoms with Gasteiger partial charge < -0.3 is 10.6 Å². The molecule has 2 rings (SSSR count). The Labute approximate surface area is 116 Å². The fourth-order valence-electron chi connectivity index (χ4n) is 2.33. The highest BCUT2D eigenvalue weighted by molar-refractivity contribution is 7.85. The summed E-state index contributed by atoms with van der Waals surface area (Å²) < 4.78 is 24.8. The molecule has 3 nitrogen and oxygen atoms in total. The Morgan fingerprint density at radius 3 is 2.74 bits per heavy atom. The molecule has 5 heteroatoms. The lowest BCUT2D eigenvalue weighted by atomic mass is 10.0. The molecule has 0 saturated carbocycles. The number of hydrogen-bond donors (Lipinski definition) is 1. The molecular weight excluding hydrogens is 263 g/mol. The lowest BCUT2D eigenvalue weighted by Crippen LogP contribution is -2.38. The van der Waals surface area contributed by atoms with Crippen LogP contribution in [0.25, 0.3) is 0 Å². The molecule has 2 N–H and O–H groups in total. The van der Waals surface area contributed by atoms with E-state index in [9.17, 15) is 8.60 Å². The maximum absolute atomic E-state index is 13.4. The number of nitrogens with two attached hydrogens (primary N) is 1. The predicted molar refractivity (Wildman–Crippen MR) is 78.5 cm³/mol. The lowest BCUT2D eigenvalue weighted by Gasteiger charge is -2.30. The van der Waals surface area contributed by atoms with Gasteiger partial charge in [0.1, 0.15) is 5.82 Å². The second-order valence-corrected chi connectivity index (χ2v) is 6.68. The van der Waals surface area contributed by atoms with Gasteiger partial charge in [0.05, 0.1) is 0 Å². The molecule has 19 heavy (non-hydrogen) atoms. The fraction of sp³-hybridized carbons (Fsp3) is 0.571. The number of rotatable bonds is 4. The third kappa shape index (κ3) is 3.76. The number of hydrogen-bond acceptors (Lipinski definition) is 3. The third-order valence-corrected chi connectivity index (χ3v) is 4.84. The fourth-order valence-corrected chi connectivity index (χ4v) is 3.38. The molecule has 0 aliphatic carbocycles. The van der Waals surface area contributed by atoms with E-state index in [2.05, 4.69) is 4.90 Å². The van der Waals surface area contributed by atoms with Crippen LogP contribution in [0.1, 0.15) is 18.9 Å². The summed E-state index contributed by atoms with van der Waals surface area (Å²) in [4.78, 5) is 2.19. The second kappa shape index (κ2) is 6.48. The number of nitrogens with zero attached hydrogens (tertiary/aromatic N) is 1. The molecule has 0 aromatic heterocycles. The van der Waals surface area contributed by atoms with Crippen LogP contribution in [-0.2, 0) is 17.2 Å². The molecule has 0 spiro atoms. The highest BCUT2D eigenvalue weighted by Crippen LogP contribution is 2.24. The van der Waals surface area contributed by atoms with Gasteiger partial charge >= 0.3 is 0 Å². The quantitative estimate of drug-likeness (QED) is 0.915. The van der Waals surface area contributed by atoms with Crippen molar-refractivity contribution in [3.05, 3.63) is 29.6 Å². The van der Waals surface area contributed by atoms with Crippen LogP contribution in [0.2, 0.25) is 0 Å². The van der Waals surface area contributed by atoms with Crippen molar-refractivity contribution in [3.63, 3.8) is 0 Å². The first kappa shape index (κ1) is 14.5. The molecule has 1 unspecified atom stereocenters. The summed E-state index contributed by atoms with van der Waals surface area (Å²) in [5, 5.41) is 0. The standard InChI is InChI=1S/C14H21FN2OS/c1-2-13(16)10-11-9-12(15)3-4-14(11)17-5-7-19(18)8-6-17/h3-4,9,13H,2,5-8,10,16H2,1H3. The van der Waals surface area contributed by atoms with Crippen molar-refractivity contribution in [1.82, 2.24) is 0 Å². The number of halogens is 1. The van der Waals surface area contributed by atoms with Crippen molar-refractivity contribution < 1.29 is 8.60 Å². The van der Waals surface area contributed by atoms with Crippen molar-refractivity contribution in [3.8, 4) is 0 Å². The van der Waals surface area contributed by atoms with Gasteiger partial charge in [-0.2, -0.15) is 0 Å². The molecule has 1 heterocycles. The Balaban J connectivity index is 2.21. The van der Waals surface area contributed by atoms with E-state index in [1.165, 1.54) is 6.07 Å². The average Bonchev–Trinajstić information content (AvgIpc) is 2.40. The van der Waals surface area contributed by atoms with Crippen LogP contribution < -0.4 is 10.6 Å². The van der Waals surface area contributed by atoms with E-state index >= 15 is 0 Å². The lowest BCUT2D eigenvalue weighted by molar-refractivity contribution is 0.612. The molecule has 1 fully saturated rings. The van der Waals surface area contributed by atoms with Crippen LogP contribution in [0.15, 0.2) is 18.2 Å². The first-order valence-electron chi connectivity index (χ1n) is 6.74. The van der Waals surface area contributed by atoms with Crippen LogP contribution >= 0.6 is 0 Å². The van der Waals surface area contributed by atoms with Crippen molar-refractivity contribution in [2.45, 2.75) is 25.8 Å². The van der Waals surface area contributed by atoms with E-state index in [1.807, 2.05) is 13.0 Å². The molecule has 106 valence electrons. The zero-order chi connectivity index (χ0) is 13.8. The van der Waals surface area contributed by atoms with Gasteiger partial charge in [0.15, 0.2) is 0 Å². The van der Waals surface area contributed by atoms with E-state index in [4.69, 9.17) is 5.73 Å². The van der Waals surface area contributed by atoms with Gasteiger partial charge in [-0.3, -0.25) is 4.21 Å². The summed E-state index contributed by atoms with van der Waals surface area (Å²) in [6.45, 7) is 3.58. The van der Waals surface area contributed by atoms with Gasteiger partial charge in [0.2, 0.25) is 0 Å². The summed E-state index contributed by atoms with van der Waals surface area (Å²) >= 11 is 0. The highest BCUT2D eigenvalue weighted by atomic mass is 32.2. The van der Waals surface area contributed by atoms with E-state index < -0.39 is 10.8 Å². The van der Waals surface area contributed by atoms with Crippen molar-refractivity contribution in [2.24, 2.45) is 5.73 Å². The summed E-state index contributed by atoms with van der Waals surface area (Å²) in [5.41, 5.74) is 7.99. The number of benzene rings is 1. The molecule has 1 aromatic rings. The Kier molecular flexibility index (Phi) is 4.93. The normalized spacial score (nSPS) is 18.6. The topological polar surface area (TPSA) is 46.3 Å². The SMILES string of the molecule is CCC(N)Cc1cc(F)ccc1N1CCS(=O)CC1. The van der Waals surface area contributed by atoms with Crippen molar-refractivity contribution in [2.75, 3.05) is 29.5 Å². The van der Waals surface area contributed by atoms with Gasteiger partial charge in [0, 0.05) is 47.1 Å². The van der Waals surface area contributed by atoms with Crippen LogP contribution in [0.4, 0.5) is 10.1 Å². The molecule has 0 bridgehead atoms. The molecule has 1 aromatic carbocycles. The van der Waals surface area contributed by atoms with E-state index in [0.717, 1.165) is 30.8 Å². The smallest absolute Gasteiger partial charge is 0.123 e. The number of anilines is 1. The molecule has 1 atom stereocenters. The Hall–Kier alpha value is -0.940. The van der Waals surface area contributed by atoms with Gasteiger partial charge in [-0.15, -0.1) is 0 Å². The molecule has 1 saturated heterocycles. The summed E-state index contributed by atoms with van der Waals surface area (Å²) in [7, 11) is -0.698. The first-order valence-corrected chi connectivity index (χ1v) is 8.23. The Morgan fingerprint density at radius 1 is 1.42 bits per heavy atom. The monoisotopic (exact) mass is 284 g/mol. The minimum absolute atomic E-state index is 0.0551. The van der Waals surface area contributed by atoms with Crippen LogP contribution in [0.5, 0.6) is 0 Å². The van der Waals surface area contributed by atoms with E-state index in [-0.39, 0.29) is 11.9 Å². The summed E-state index contributed by atoms with van der Waals surface area (Å²) in [6, 6.07) is 4.94. The third-order valence-electron chi connectivity index (χ3n) is 3.57. The van der Waals surface area contributed by atoms with Gasteiger partial charge in [0.25, 0.3) is 0 Å². The summed E-state index contributed by atoms with van der Waals surface area (Å²) in [6.07, 6.45) is 1.56. The molecule has 0 amide bonds. The maximum atomic E-state index is 13.4. The van der Waals surface area contributed by atoms with Crippen LogP contribution in [0.3, 0.4) is 0 Å². The zero-order valence-electron chi connectivity index (χ0n) is 11.3. The van der Waals surface area contributed by atoms with Crippen molar-refractivity contribution in [1.29, 1.82) is 0 Å². The minimum Gasteiger partial charge on any atom is -0.369 e. The Morgan fingerprint density at radius 2 is 2.11 bits per heavy atom. The average molecular weight is 284 g/mol. The van der Waals surface area contributed by atoms with E-state index in [0.29, 0.717) is 17.9 Å². The predicted octanol–water partition coefficient (Wildman–Crippen LogP) is 1.67. The van der Waals surface area contributed by atoms with Crippen molar-refractivity contribution >= 4 is 16.5 Å². The van der Waals surface area contributed by atoms with Crippen LogP contribution in [0, 0.1) is 5.82 Å². The summed E-state index contributed by atoms with van der Waals surface area (Å²) in [5.74, 6) is 1.16. The largest absolute Gasteiger partial charge is 0.369 e. The van der Waals surface area contributed by atoms with E-state index in [1.54, 1.807) is 6.07 Å². The molecule has 1 aliphatic rings. The molecular formula is C14H21FN2OS. The van der Waals surface area contributed by atoms with Crippen LogP contribution in [-0.4, -0.2) is 34.8 Å². The zero-order valence-corrected chi connectivity index (χ0v) is 12.1. The first-order chi connectivity index (χ1) is 9.10. The molecule has 0 radical (unpaired) electrons. The van der Waals surface area contributed by atoms with Gasteiger partial charge in [-0.1, -0.05) is 6.92 Å². The second-order valence-electron chi connectivity index (χ2n) is 4.98. The minimum atomic E-state index is -0.698. The molecule has 1 aliphatic heterocycles. The maximum Gasteiger partial charge on any atom is 0.123 e. The Bertz CT molecular complexity index is 457.